The number of likely N-dealkylation sites (N-methyl/N-ethyl adjacent to an activating group) is 1. The number of anilines is 2. The second kappa shape index (κ2) is 9.69. The molecule has 0 radical (unpaired) electrons. The van der Waals surface area contributed by atoms with Crippen molar-refractivity contribution in [1.29, 1.82) is 0 Å². The van der Waals surface area contributed by atoms with Crippen LogP contribution in [0.2, 0.25) is 0 Å². The van der Waals surface area contributed by atoms with Crippen molar-refractivity contribution in [3.8, 4) is 6.01 Å². The number of likely N-dealkylation sites (tertiary alicyclic amines) is 1. The van der Waals surface area contributed by atoms with E-state index in [2.05, 4.69) is 77.0 Å². The SMILES string of the molecule is Cc1cccc2cccc(N3CCc4c(nc(OC[C@@H]5CCCN5C)nc4N4CCN=C[C@H]4C)C3)c12. The monoisotopic (exact) mass is 484 g/mol. The standard InChI is InChI=1S/C29H36N6O/c1-20-7-4-8-22-9-5-11-26(27(20)22)34-15-12-24-25(18-34)31-29(36-19-23-10-6-14-33(23)3)32-28(24)35-16-13-30-17-21(35)2/h4-5,7-9,11,17,21,23H,6,10,12-16,18-19H2,1-3H3/t21-,23+/m1/s1. The molecule has 4 heterocycles. The highest BCUT2D eigenvalue weighted by Gasteiger charge is 2.29. The van der Waals surface area contributed by atoms with Crippen LogP contribution in [-0.2, 0) is 13.0 Å². The van der Waals surface area contributed by atoms with Gasteiger partial charge in [-0.1, -0.05) is 30.3 Å². The van der Waals surface area contributed by atoms with Crippen LogP contribution in [-0.4, -0.2) is 73.0 Å². The van der Waals surface area contributed by atoms with Crippen LogP contribution in [0.3, 0.4) is 0 Å². The van der Waals surface area contributed by atoms with E-state index in [1.54, 1.807) is 0 Å². The molecule has 7 heteroatoms. The Morgan fingerprint density at radius 3 is 2.72 bits per heavy atom. The molecule has 1 aromatic heterocycles. The number of benzene rings is 2. The normalized spacial score (nSPS) is 22.3. The average molecular weight is 485 g/mol. The smallest absolute Gasteiger partial charge is 0.318 e. The lowest BCUT2D eigenvalue weighted by atomic mass is 9.99. The minimum Gasteiger partial charge on any atom is -0.462 e. The van der Waals surface area contributed by atoms with Gasteiger partial charge in [0.2, 0.25) is 0 Å². The Hall–Kier alpha value is -3.19. The topological polar surface area (TPSA) is 57.1 Å². The number of aromatic nitrogens is 2. The second-order valence-electron chi connectivity index (χ2n) is 10.5. The van der Waals surface area contributed by atoms with Crippen molar-refractivity contribution in [1.82, 2.24) is 14.9 Å². The van der Waals surface area contributed by atoms with Crippen molar-refractivity contribution in [2.75, 3.05) is 49.6 Å². The fourth-order valence-electron chi connectivity index (χ4n) is 6.00. The van der Waals surface area contributed by atoms with Crippen molar-refractivity contribution < 1.29 is 4.74 Å². The van der Waals surface area contributed by atoms with E-state index in [0.29, 0.717) is 18.7 Å². The summed E-state index contributed by atoms with van der Waals surface area (Å²) in [5, 5.41) is 2.62. The summed E-state index contributed by atoms with van der Waals surface area (Å²) in [6.45, 7) is 9.54. The van der Waals surface area contributed by atoms with Gasteiger partial charge in [-0.15, -0.1) is 0 Å². The third-order valence-corrected chi connectivity index (χ3v) is 8.09. The molecule has 0 amide bonds. The lowest BCUT2D eigenvalue weighted by Crippen LogP contribution is -2.42. The Bertz CT molecular complexity index is 1280. The predicted molar refractivity (Wildman–Crippen MR) is 147 cm³/mol. The molecule has 0 saturated carbocycles. The van der Waals surface area contributed by atoms with Crippen molar-refractivity contribution in [3.63, 3.8) is 0 Å². The molecule has 2 atom stereocenters. The van der Waals surface area contributed by atoms with Crippen LogP contribution in [0.15, 0.2) is 41.4 Å². The molecule has 0 aliphatic carbocycles. The number of fused-ring (bicyclic) bond motifs is 2. The highest BCUT2D eigenvalue weighted by molar-refractivity contribution is 5.97. The van der Waals surface area contributed by atoms with Gasteiger partial charge in [-0.25, -0.2) is 0 Å². The molecule has 3 aliphatic rings. The molecule has 0 N–H and O–H groups in total. The summed E-state index contributed by atoms with van der Waals surface area (Å²) in [5.41, 5.74) is 4.94. The molecule has 3 aliphatic heterocycles. The zero-order chi connectivity index (χ0) is 24.6. The zero-order valence-electron chi connectivity index (χ0n) is 21.7. The van der Waals surface area contributed by atoms with Crippen LogP contribution in [0.5, 0.6) is 6.01 Å². The molecular formula is C29H36N6O. The Kier molecular flexibility index (Phi) is 6.25. The van der Waals surface area contributed by atoms with Gasteiger partial charge in [-0.2, -0.15) is 9.97 Å². The summed E-state index contributed by atoms with van der Waals surface area (Å²) in [6.07, 6.45) is 5.35. The van der Waals surface area contributed by atoms with Crippen LogP contribution in [0.4, 0.5) is 11.5 Å². The number of hydrogen-bond donors (Lipinski definition) is 0. The maximum absolute atomic E-state index is 6.28. The number of nitrogens with zero attached hydrogens (tertiary/aromatic N) is 6. The maximum Gasteiger partial charge on any atom is 0.318 e. The fourth-order valence-corrected chi connectivity index (χ4v) is 6.00. The summed E-state index contributed by atoms with van der Waals surface area (Å²) >= 11 is 0. The van der Waals surface area contributed by atoms with Gasteiger partial charge in [0, 0.05) is 42.0 Å². The molecular weight excluding hydrogens is 448 g/mol. The second-order valence-corrected chi connectivity index (χ2v) is 10.5. The molecule has 36 heavy (non-hydrogen) atoms. The van der Waals surface area contributed by atoms with Crippen molar-refractivity contribution >= 4 is 28.5 Å². The van der Waals surface area contributed by atoms with Crippen molar-refractivity contribution in [2.24, 2.45) is 4.99 Å². The minimum atomic E-state index is 0.213. The van der Waals surface area contributed by atoms with Crippen LogP contribution in [0, 0.1) is 6.92 Å². The van der Waals surface area contributed by atoms with Crippen LogP contribution in [0.1, 0.15) is 36.6 Å². The van der Waals surface area contributed by atoms with E-state index >= 15 is 0 Å². The Morgan fingerprint density at radius 1 is 1.06 bits per heavy atom. The van der Waals surface area contributed by atoms with E-state index in [-0.39, 0.29) is 6.04 Å². The molecule has 0 unspecified atom stereocenters. The van der Waals surface area contributed by atoms with Gasteiger partial charge in [-0.05, 0) is 63.7 Å². The van der Waals surface area contributed by atoms with Crippen molar-refractivity contribution in [2.45, 2.75) is 51.7 Å². The number of rotatable bonds is 5. The molecule has 188 valence electrons. The van der Waals surface area contributed by atoms with E-state index in [1.807, 2.05) is 6.21 Å². The molecule has 1 fully saturated rings. The van der Waals surface area contributed by atoms with E-state index in [0.717, 1.165) is 50.7 Å². The summed E-state index contributed by atoms with van der Waals surface area (Å²) < 4.78 is 6.28. The maximum atomic E-state index is 6.28. The highest BCUT2D eigenvalue weighted by atomic mass is 16.5. The molecule has 1 saturated heterocycles. The molecule has 7 nitrogen and oxygen atoms in total. The van der Waals surface area contributed by atoms with E-state index in [9.17, 15) is 0 Å². The first-order chi connectivity index (χ1) is 17.6. The molecule has 0 spiro atoms. The third kappa shape index (κ3) is 4.30. The van der Waals surface area contributed by atoms with Gasteiger partial charge < -0.3 is 19.4 Å². The van der Waals surface area contributed by atoms with E-state index < -0.39 is 0 Å². The third-order valence-electron chi connectivity index (χ3n) is 8.09. The number of aliphatic imine (C=N–C) groups is 1. The lowest BCUT2D eigenvalue weighted by Gasteiger charge is -2.36. The number of ether oxygens (including phenoxy) is 1. The van der Waals surface area contributed by atoms with Crippen LogP contribution in [0.25, 0.3) is 10.8 Å². The first-order valence-electron chi connectivity index (χ1n) is 13.3. The molecule has 0 bridgehead atoms. The summed E-state index contributed by atoms with van der Waals surface area (Å²) in [7, 11) is 2.18. The van der Waals surface area contributed by atoms with Gasteiger partial charge in [0.15, 0.2) is 0 Å². The first-order valence-corrected chi connectivity index (χ1v) is 13.3. The van der Waals surface area contributed by atoms with Gasteiger partial charge >= 0.3 is 6.01 Å². The van der Waals surface area contributed by atoms with Crippen LogP contribution >= 0.6 is 0 Å². The fraction of sp³-hybridized carbons (Fsp3) is 0.483. The van der Waals surface area contributed by atoms with Crippen LogP contribution < -0.4 is 14.5 Å². The zero-order valence-corrected chi connectivity index (χ0v) is 21.7. The average Bonchev–Trinajstić information content (AvgIpc) is 3.31. The first kappa shape index (κ1) is 23.2. The lowest BCUT2D eigenvalue weighted by molar-refractivity contribution is 0.187. The van der Waals surface area contributed by atoms with Gasteiger partial charge in [0.25, 0.3) is 0 Å². The van der Waals surface area contributed by atoms with E-state index in [1.165, 1.54) is 40.4 Å². The highest BCUT2D eigenvalue weighted by Crippen LogP contribution is 2.35. The minimum absolute atomic E-state index is 0.213. The molecule has 3 aromatic rings. The number of hydrogen-bond acceptors (Lipinski definition) is 7. The molecule has 2 aromatic carbocycles. The van der Waals surface area contributed by atoms with Gasteiger partial charge in [0.1, 0.15) is 12.4 Å². The van der Waals surface area contributed by atoms with Gasteiger partial charge in [-0.3, -0.25) is 4.99 Å². The Labute approximate surface area is 213 Å². The van der Waals surface area contributed by atoms with E-state index in [4.69, 9.17) is 14.7 Å². The quantitative estimate of drug-likeness (QED) is 0.540. The Morgan fingerprint density at radius 2 is 1.92 bits per heavy atom. The summed E-state index contributed by atoms with van der Waals surface area (Å²) in [5.74, 6) is 1.03. The summed E-state index contributed by atoms with van der Waals surface area (Å²) in [4.78, 5) is 21.7. The largest absolute Gasteiger partial charge is 0.462 e. The summed E-state index contributed by atoms with van der Waals surface area (Å²) in [6, 6.07) is 14.3. The van der Waals surface area contributed by atoms with Crippen molar-refractivity contribution in [3.05, 3.63) is 53.2 Å². The Balaban J connectivity index is 1.36. The predicted octanol–water partition coefficient (Wildman–Crippen LogP) is 4.25. The molecule has 6 rings (SSSR count). The van der Waals surface area contributed by atoms with Gasteiger partial charge in [0.05, 0.1) is 24.8 Å². The number of aryl methyl sites for hydroxylation is 1.